The van der Waals surface area contributed by atoms with E-state index in [0.717, 1.165) is 42.5 Å². The smallest absolute Gasteiger partial charge is 0.234 e. The van der Waals surface area contributed by atoms with Crippen LogP contribution in [-0.2, 0) is 4.79 Å². The van der Waals surface area contributed by atoms with Gasteiger partial charge in [0.25, 0.3) is 0 Å². The van der Waals surface area contributed by atoms with Gasteiger partial charge >= 0.3 is 0 Å². The van der Waals surface area contributed by atoms with E-state index in [1.165, 1.54) is 0 Å². The fraction of sp³-hybridized carbons (Fsp3) is 0.421. The first kappa shape index (κ1) is 15.8. The van der Waals surface area contributed by atoms with Crippen molar-refractivity contribution in [2.75, 3.05) is 13.1 Å². The maximum absolute atomic E-state index is 11.7. The molecule has 1 heterocycles. The van der Waals surface area contributed by atoms with Crippen LogP contribution in [0, 0.1) is 0 Å². The van der Waals surface area contributed by atoms with E-state index in [4.69, 9.17) is 10.5 Å². The van der Waals surface area contributed by atoms with E-state index in [-0.39, 0.29) is 18.1 Å². The monoisotopic (exact) mass is 312 g/mol. The zero-order valence-electron chi connectivity index (χ0n) is 13.6. The molecule has 1 aliphatic heterocycles. The summed E-state index contributed by atoms with van der Waals surface area (Å²) in [6, 6.07) is 14.1. The van der Waals surface area contributed by atoms with Crippen molar-refractivity contribution >= 4 is 16.7 Å². The highest BCUT2D eigenvalue weighted by atomic mass is 16.5. The van der Waals surface area contributed by atoms with Gasteiger partial charge in [-0.15, -0.1) is 0 Å². The third kappa shape index (κ3) is 3.48. The average molecular weight is 312 g/mol. The molecule has 1 amide bonds. The molecule has 4 nitrogen and oxygen atoms in total. The number of amides is 1. The highest BCUT2D eigenvalue weighted by Crippen LogP contribution is 2.29. The quantitative estimate of drug-likeness (QED) is 0.892. The number of carbonyl (C=O) groups excluding carboxylic acids is 1. The molecule has 4 heteroatoms. The van der Waals surface area contributed by atoms with E-state index in [0.29, 0.717) is 6.42 Å². The van der Waals surface area contributed by atoms with Gasteiger partial charge in [-0.1, -0.05) is 49.7 Å². The van der Waals surface area contributed by atoms with Crippen LogP contribution in [0.1, 0.15) is 26.2 Å². The molecule has 0 spiro atoms. The Kier molecular flexibility index (Phi) is 4.82. The van der Waals surface area contributed by atoms with Crippen molar-refractivity contribution < 1.29 is 9.53 Å². The zero-order chi connectivity index (χ0) is 16.2. The molecule has 0 saturated carbocycles. The lowest BCUT2D eigenvalue weighted by atomic mass is 10.1. The molecule has 23 heavy (non-hydrogen) atoms. The normalized spacial score (nSPS) is 21.6. The molecule has 0 radical (unpaired) electrons. The number of unbranched alkanes of at least 4 members (excludes halogenated alkanes) is 1. The highest BCUT2D eigenvalue weighted by molar-refractivity contribution is 5.88. The number of fused-ring (bicyclic) bond motifs is 1. The molecule has 1 aliphatic rings. The second-order valence-electron chi connectivity index (χ2n) is 6.22. The Balaban J connectivity index is 1.76. The summed E-state index contributed by atoms with van der Waals surface area (Å²) in [4.78, 5) is 13.9. The third-order valence-electron chi connectivity index (χ3n) is 4.54. The third-order valence-corrected chi connectivity index (χ3v) is 4.54. The number of nitrogens with zero attached hydrogens (tertiary/aromatic N) is 1. The van der Waals surface area contributed by atoms with Crippen LogP contribution in [-0.4, -0.2) is 36.0 Å². The van der Waals surface area contributed by atoms with E-state index in [1.807, 2.05) is 24.3 Å². The Morgan fingerprint density at radius 3 is 2.83 bits per heavy atom. The number of ether oxygens (including phenoxy) is 1. The van der Waals surface area contributed by atoms with Crippen molar-refractivity contribution in [1.29, 1.82) is 0 Å². The Morgan fingerprint density at radius 2 is 2.04 bits per heavy atom. The first-order chi connectivity index (χ1) is 11.2. The van der Waals surface area contributed by atoms with Crippen LogP contribution >= 0.6 is 0 Å². The summed E-state index contributed by atoms with van der Waals surface area (Å²) >= 11 is 0. The van der Waals surface area contributed by atoms with E-state index < -0.39 is 0 Å². The fourth-order valence-corrected chi connectivity index (χ4v) is 3.33. The van der Waals surface area contributed by atoms with Crippen molar-refractivity contribution in [3.05, 3.63) is 42.5 Å². The minimum atomic E-state index is -0.245. The number of hydrogen-bond donors (Lipinski definition) is 1. The lowest BCUT2D eigenvalue weighted by molar-refractivity contribution is -0.122. The van der Waals surface area contributed by atoms with Gasteiger partial charge in [0.05, 0.1) is 6.04 Å². The molecule has 3 rings (SSSR count). The number of carbonyl (C=O) groups is 1. The number of hydrogen-bond acceptors (Lipinski definition) is 3. The van der Waals surface area contributed by atoms with Crippen LogP contribution in [0.15, 0.2) is 42.5 Å². The number of likely N-dealkylation sites (tertiary alicyclic amines) is 1. The van der Waals surface area contributed by atoms with E-state index >= 15 is 0 Å². The van der Waals surface area contributed by atoms with Crippen molar-refractivity contribution in [3.8, 4) is 5.75 Å². The van der Waals surface area contributed by atoms with E-state index in [9.17, 15) is 4.79 Å². The predicted octanol–water partition coefficient (Wildman–Crippen LogP) is 2.95. The van der Waals surface area contributed by atoms with Gasteiger partial charge in [0.15, 0.2) is 0 Å². The summed E-state index contributed by atoms with van der Waals surface area (Å²) in [5.41, 5.74) is 5.57. The Hall–Kier alpha value is -2.07. The number of rotatable bonds is 6. The van der Waals surface area contributed by atoms with Crippen molar-refractivity contribution in [2.45, 2.75) is 38.3 Å². The summed E-state index contributed by atoms with van der Waals surface area (Å²) in [7, 11) is 0. The molecule has 0 aromatic heterocycles. The molecule has 0 aliphatic carbocycles. The van der Waals surface area contributed by atoms with Crippen molar-refractivity contribution in [3.63, 3.8) is 0 Å². The molecule has 2 aromatic rings. The fourth-order valence-electron chi connectivity index (χ4n) is 3.33. The highest BCUT2D eigenvalue weighted by Gasteiger charge is 2.36. The Bertz CT molecular complexity index is 681. The number of primary amides is 1. The standard InChI is InChI=1S/C19H24N2O2/c1-2-3-11-21-13-15(12-17(21)19(20)22)23-18-10-6-8-14-7-4-5-9-16(14)18/h4-10,15,17H,2-3,11-13H2,1H3,(H2,20,22)/t15-,17-/m0/s1. The van der Waals surface area contributed by atoms with Crippen LogP contribution in [0.5, 0.6) is 5.75 Å². The van der Waals surface area contributed by atoms with Gasteiger partial charge < -0.3 is 10.5 Å². The first-order valence-corrected chi connectivity index (χ1v) is 8.37. The molecule has 1 saturated heterocycles. The van der Waals surface area contributed by atoms with Gasteiger partial charge in [0.2, 0.25) is 5.91 Å². The summed E-state index contributed by atoms with van der Waals surface area (Å²) < 4.78 is 6.23. The summed E-state index contributed by atoms with van der Waals surface area (Å²) in [5, 5.41) is 2.27. The molecule has 2 atom stereocenters. The largest absolute Gasteiger partial charge is 0.488 e. The van der Waals surface area contributed by atoms with Gasteiger partial charge in [-0.05, 0) is 24.4 Å². The minimum Gasteiger partial charge on any atom is -0.488 e. The van der Waals surface area contributed by atoms with Crippen LogP contribution in [0.4, 0.5) is 0 Å². The maximum atomic E-state index is 11.7. The van der Waals surface area contributed by atoms with E-state index in [1.54, 1.807) is 0 Å². The SMILES string of the molecule is CCCCN1C[C@@H](Oc2cccc3ccccc23)C[C@H]1C(N)=O. The average Bonchev–Trinajstić information content (AvgIpc) is 2.96. The zero-order valence-corrected chi connectivity index (χ0v) is 13.6. The molecule has 122 valence electrons. The number of nitrogens with two attached hydrogens (primary N) is 1. The molecule has 0 bridgehead atoms. The molecular weight excluding hydrogens is 288 g/mol. The lowest BCUT2D eigenvalue weighted by Gasteiger charge is -2.20. The van der Waals surface area contributed by atoms with E-state index in [2.05, 4.69) is 30.0 Å². The van der Waals surface area contributed by atoms with Crippen LogP contribution in [0.2, 0.25) is 0 Å². The van der Waals surface area contributed by atoms with Crippen LogP contribution in [0.25, 0.3) is 10.8 Å². The molecule has 2 aromatic carbocycles. The maximum Gasteiger partial charge on any atom is 0.234 e. The van der Waals surface area contributed by atoms with Gasteiger partial charge in [0, 0.05) is 18.4 Å². The van der Waals surface area contributed by atoms with Gasteiger partial charge in [-0.2, -0.15) is 0 Å². The van der Waals surface area contributed by atoms with Crippen molar-refractivity contribution in [2.24, 2.45) is 5.73 Å². The Labute approximate surface area is 137 Å². The Morgan fingerprint density at radius 1 is 1.26 bits per heavy atom. The lowest BCUT2D eigenvalue weighted by Crippen LogP contribution is -2.40. The first-order valence-electron chi connectivity index (χ1n) is 8.37. The molecule has 2 N–H and O–H groups in total. The summed E-state index contributed by atoms with van der Waals surface area (Å²) in [5.74, 6) is 0.638. The predicted molar refractivity (Wildman–Crippen MR) is 92.4 cm³/mol. The van der Waals surface area contributed by atoms with Gasteiger partial charge in [0.1, 0.15) is 11.9 Å². The minimum absolute atomic E-state index is 0.00941. The second-order valence-corrected chi connectivity index (χ2v) is 6.22. The van der Waals surface area contributed by atoms with Gasteiger partial charge in [-0.25, -0.2) is 0 Å². The molecule has 1 fully saturated rings. The molecule has 0 unspecified atom stereocenters. The molecular formula is C19H24N2O2. The van der Waals surface area contributed by atoms with Crippen molar-refractivity contribution in [1.82, 2.24) is 4.90 Å². The second kappa shape index (κ2) is 7.01. The van der Waals surface area contributed by atoms with Gasteiger partial charge in [-0.3, -0.25) is 9.69 Å². The van der Waals surface area contributed by atoms with Crippen LogP contribution in [0.3, 0.4) is 0 Å². The summed E-state index contributed by atoms with van der Waals surface area (Å²) in [6.07, 6.45) is 2.86. The topological polar surface area (TPSA) is 55.6 Å². The van der Waals surface area contributed by atoms with Crippen LogP contribution < -0.4 is 10.5 Å². The number of benzene rings is 2. The summed E-state index contributed by atoms with van der Waals surface area (Å²) in [6.45, 7) is 3.82.